The van der Waals surface area contributed by atoms with Crippen LogP contribution in [0.2, 0.25) is 0 Å². The number of rotatable bonds is 5. The lowest BCUT2D eigenvalue weighted by molar-refractivity contribution is -0.131. The van der Waals surface area contributed by atoms with E-state index in [2.05, 4.69) is 60.8 Å². The number of benzene rings is 3. The molecule has 2 aliphatic rings. The van der Waals surface area contributed by atoms with Gasteiger partial charge in [0.25, 0.3) is 0 Å². The van der Waals surface area contributed by atoms with E-state index in [-0.39, 0.29) is 18.0 Å². The number of fused-ring (bicyclic) bond motifs is 2. The molecule has 2 heterocycles. The van der Waals surface area contributed by atoms with Crippen LogP contribution in [0.5, 0.6) is 11.5 Å². The molecule has 2 aliphatic heterocycles. The van der Waals surface area contributed by atoms with Crippen LogP contribution in [0, 0.1) is 0 Å². The Kier molecular flexibility index (Phi) is 5.51. The summed E-state index contributed by atoms with van der Waals surface area (Å²) in [6.07, 6.45) is 2.00. The van der Waals surface area contributed by atoms with E-state index in [4.69, 9.17) is 9.47 Å². The summed E-state index contributed by atoms with van der Waals surface area (Å²) in [7, 11) is 0. The molecule has 5 rings (SSSR count). The summed E-state index contributed by atoms with van der Waals surface area (Å²) in [6.45, 7) is 4.39. The first-order chi connectivity index (χ1) is 15.2. The van der Waals surface area contributed by atoms with E-state index in [9.17, 15) is 4.79 Å². The van der Waals surface area contributed by atoms with Gasteiger partial charge in [0.15, 0.2) is 11.5 Å². The molecule has 2 atom stereocenters. The van der Waals surface area contributed by atoms with Gasteiger partial charge in [-0.25, -0.2) is 0 Å². The van der Waals surface area contributed by atoms with Gasteiger partial charge in [-0.15, -0.1) is 0 Å². The van der Waals surface area contributed by atoms with Gasteiger partial charge in [0.05, 0.1) is 12.6 Å². The Morgan fingerprint density at radius 2 is 1.84 bits per heavy atom. The summed E-state index contributed by atoms with van der Waals surface area (Å²) >= 11 is 0. The average Bonchev–Trinajstić information content (AvgIpc) is 3.32. The van der Waals surface area contributed by atoms with Gasteiger partial charge in [0.2, 0.25) is 5.91 Å². The number of hydrogen-bond donors (Lipinski definition) is 1. The number of ether oxygens (including phenoxy) is 2. The van der Waals surface area contributed by atoms with Crippen molar-refractivity contribution in [3.63, 3.8) is 0 Å². The molecular weight excluding hydrogens is 388 g/mol. The van der Waals surface area contributed by atoms with Gasteiger partial charge in [-0.1, -0.05) is 42.5 Å². The molecule has 160 valence electrons. The highest BCUT2D eigenvalue weighted by Crippen LogP contribution is 2.38. The second kappa shape index (κ2) is 8.60. The third-order valence-corrected chi connectivity index (χ3v) is 6.36. The third-order valence-electron chi connectivity index (χ3n) is 6.36. The number of carbonyl (C=O) groups is 1. The molecule has 5 heteroatoms. The molecule has 0 saturated carbocycles. The second-order valence-corrected chi connectivity index (χ2v) is 8.36. The molecule has 1 fully saturated rings. The normalized spacial score (nSPS) is 18.9. The maximum Gasteiger partial charge on any atom is 0.237 e. The highest BCUT2D eigenvalue weighted by molar-refractivity contribution is 5.83. The van der Waals surface area contributed by atoms with Gasteiger partial charge in [0, 0.05) is 12.6 Å². The molecule has 0 aromatic heterocycles. The van der Waals surface area contributed by atoms with Crippen molar-refractivity contribution in [1.82, 2.24) is 10.2 Å². The Balaban J connectivity index is 1.25. The molecule has 0 spiro atoms. The topological polar surface area (TPSA) is 50.8 Å². The van der Waals surface area contributed by atoms with Crippen LogP contribution in [0.3, 0.4) is 0 Å². The van der Waals surface area contributed by atoms with Crippen molar-refractivity contribution in [3.05, 3.63) is 71.8 Å². The lowest BCUT2D eigenvalue weighted by atomic mass is 10.0. The lowest BCUT2D eigenvalue weighted by Gasteiger charge is -2.27. The number of nitrogens with one attached hydrogen (secondary N) is 1. The quantitative estimate of drug-likeness (QED) is 0.659. The summed E-state index contributed by atoms with van der Waals surface area (Å²) in [5.41, 5.74) is 2.31. The predicted octanol–water partition coefficient (Wildman–Crippen LogP) is 4.63. The van der Waals surface area contributed by atoms with Gasteiger partial charge in [-0.05, 0) is 59.9 Å². The molecule has 0 aliphatic carbocycles. The van der Waals surface area contributed by atoms with E-state index in [1.807, 2.05) is 17.0 Å². The minimum atomic E-state index is 0.0982. The number of amides is 1. The van der Waals surface area contributed by atoms with Crippen molar-refractivity contribution < 1.29 is 14.3 Å². The van der Waals surface area contributed by atoms with Gasteiger partial charge in [0.1, 0.15) is 13.2 Å². The van der Waals surface area contributed by atoms with E-state index in [0.29, 0.717) is 19.8 Å². The molecule has 31 heavy (non-hydrogen) atoms. The highest BCUT2D eigenvalue weighted by Gasteiger charge is 2.30. The van der Waals surface area contributed by atoms with E-state index in [0.717, 1.165) is 36.4 Å². The van der Waals surface area contributed by atoms with Crippen LogP contribution < -0.4 is 14.8 Å². The molecule has 0 bridgehead atoms. The number of nitrogens with zero attached hydrogens (tertiary/aromatic N) is 1. The fraction of sp³-hybridized carbons (Fsp3) is 0.346. The van der Waals surface area contributed by atoms with E-state index >= 15 is 0 Å². The van der Waals surface area contributed by atoms with Crippen LogP contribution >= 0.6 is 0 Å². The summed E-state index contributed by atoms with van der Waals surface area (Å²) in [4.78, 5) is 15.1. The van der Waals surface area contributed by atoms with Crippen molar-refractivity contribution in [2.75, 3.05) is 26.3 Å². The number of likely N-dealkylation sites (tertiary alicyclic amines) is 1. The van der Waals surface area contributed by atoms with Crippen LogP contribution in [-0.2, 0) is 4.79 Å². The zero-order chi connectivity index (χ0) is 21.2. The highest BCUT2D eigenvalue weighted by atomic mass is 16.6. The van der Waals surface area contributed by atoms with Crippen LogP contribution in [0.1, 0.15) is 43.0 Å². The van der Waals surface area contributed by atoms with Gasteiger partial charge in [-0.3, -0.25) is 4.79 Å². The molecular formula is C26H28N2O3. The monoisotopic (exact) mass is 416 g/mol. The Labute approximate surface area is 183 Å². The molecule has 1 N–H and O–H groups in total. The molecule has 3 aromatic carbocycles. The Bertz CT molecular complexity index is 1100. The molecule has 3 aromatic rings. The second-order valence-electron chi connectivity index (χ2n) is 8.36. The third kappa shape index (κ3) is 4.10. The maximum atomic E-state index is 13.1. The Morgan fingerprint density at radius 1 is 1.03 bits per heavy atom. The van der Waals surface area contributed by atoms with Gasteiger partial charge in [-0.2, -0.15) is 0 Å². The van der Waals surface area contributed by atoms with Crippen molar-refractivity contribution in [1.29, 1.82) is 0 Å². The largest absolute Gasteiger partial charge is 0.486 e. The fourth-order valence-corrected chi connectivity index (χ4v) is 4.62. The first-order valence-electron chi connectivity index (χ1n) is 11.1. The molecule has 5 nitrogen and oxygen atoms in total. The summed E-state index contributed by atoms with van der Waals surface area (Å²) < 4.78 is 11.4. The van der Waals surface area contributed by atoms with E-state index < -0.39 is 0 Å². The van der Waals surface area contributed by atoms with Crippen LogP contribution in [0.15, 0.2) is 60.7 Å². The van der Waals surface area contributed by atoms with Crippen LogP contribution in [0.25, 0.3) is 10.8 Å². The van der Waals surface area contributed by atoms with Gasteiger partial charge >= 0.3 is 0 Å². The molecule has 1 amide bonds. The average molecular weight is 417 g/mol. The van der Waals surface area contributed by atoms with Crippen molar-refractivity contribution in [2.45, 2.75) is 31.8 Å². The van der Waals surface area contributed by atoms with E-state index in [1.165, 1.54) is 16.3 Å². The van der Waals surface area contributed by atoms with E-state index in [1.54, 1.807) is 0 Å². The van der Waals surface area contributed by atoms with Gasteiger partial charge < -0.3 is 19.7 Å². The molecule has 0 unspecified atom stereocenters. The lowest BCUT2D eigenvalue weighted by Crippen LogP contribution is -2.38. The van der Waals surface area contributed by atoms with Crippen LogP contribution in [-0.4, -0.2) is 37.1 Å². The fourth-order valence-electron chi connectivity index (χ4n) is 4.62. The van der Waals surface area contributed by atoms with Crippen molar-refractivity contribution in [3.8, 4) is 11.5 Å². The first kappa shape index (κ1) is 19.9. The minimum Gasteiger partial charge on any atom is -0.486 e. The molecule has 0 radical (unpaired) electrons. The smallest absolute Gasteiger partial charge is 0.237 e. The first-order valence-corrected chi connectivity index (χ1v) is 11.1. The summed E-state index contributed by atoms with van der Waals surface area (Å²) in [6, 6.07) is 21.1. The maximum absolute atomic E-state index is 13.1. The van der Waals surface area contributed by atoms with Crippen molar-refractivity contribution in [2.24, 2.45) is 0 Å². The SMILES string of the molecule is C[C@H](NCC(=O)N1CCC[C@@H]1c1ccc2c(c1)OCCO2)c1ccc2ccccc2c1. The van der Waals surface area contributed by atoms with Crippen LogP contribution in [0.4, 0.5) is 0 Å². The summed E-state index contributed by atoms with van der Waals surface area (Å²) in [5, 5.41) is 5.88. The Morgan fingerprint density at radius 3 is 2.71 bits per heavy atom. The number of carbonyl (C=O) groups excluding carboxylic acids is 1. The summed E-state index contributed by atoms with van der Waals surface area (Å²) in [5.74, 6) is 1.72. The molecule has 1 saturated heterocycles. The minimum absolute atomic E-state index is 0.0982. The Hall–Kier alpha value is -3.05. The standard InChI is InChI=1S/C26H28N2O3/c1-18(20-9-8-19-5-2-3-6-21(19)15-20)27-17-26(29)28-12-4-7-23(28)22-10-11-24-25(16-22)31-14-13-30-24/h2-3,5-6,8-11,15-16,18,23,27H,4,7,12-14,17H2,1H3/t18-,23+/m0/s1. The van der Waals surface area contributed by atoms with Crippen molar-refractivity contribution >= 4 is 16.7 Å². The number of hydrogen-bond acceptors (Lipinski definition) is 4. The zero-order valence-electron chi connectivity index (χ0n) is 17.8. The predicted molar refractivity (Wildman–Crippen MR) is 121 cm³/mol. The zero-order valence-corrected chi connectivity index (χ0v) is 17.8.